The molecule has 0 heterocycles. The number of carbonyl (C=O) groups is 1. The number of rotatable bonds is 10. The summed E-state index contributed by atoms with van der Waals surface area (Å²) in [6, 6.07) is 10.0. The summed E-state index contributed by atoms with van der Waals surface area (Å²) in [5.74, 6) is -0.0715. The minimum atomic E-state index is -3.63. The number of carbonyl (C=O) groups excluding carboxylic acids is 1. The van der Waals surface area contributed by atoms with Crippen LogP contribution in [0.4, 0.5) is 5.69 Å². The Bertz CT molecular complexity index is 961. The number of para-hydroxylation sites is 1. The number of sulfonamides is 1. The van der Waals surface area contributed by atoms with Crippen molar-refractivity contribution in [3.63, 3.8) is 0 Å². The van der Waals surface area contributed by atoms with E-state index in [0.29, 0.717) is 6.54 Å². The van der Waals surface area contributed by atoms with Gasteiger partial charge in [0, 0.05) is 12.2 Å². The topological polar surface area (TPSA) is 84.5 Å². The molecule has 0 unspecified atom stereocenters. The van der Waals surface area contributed by atoms with E-state index in [1.165, 1.54) is 18.2 Å². The number of hydrogen-bond donors (Lipinski definition) is 2. The molecule has 0 aliphatic heterocycles. The lowest BCUT2D eigenvalue weighted by molar-refractivity contribution is -0.118. The zero-order valence-electron chi connectivity index (χ0n) is 16.9. The Labute approximate surface area is 177 Å². The van der Waals surface area contributed by atoms with Crippen LogP contribution in [0, 0.1) is 6.92 Å². The fourth-order valence-corrected chi connectivity index (χ4v) is 4.15. The molecule has 2 aromatic rings. The normalized spacial score (nSPS) is 11.3. The molecular formula is C21H27ClN2O4S. The van der Waals surface area contributed by atoms with Gasteiger partial charge in [0.1, 0.15) is 5.75 Å². The molecule has 0 aromatic heterocycles. The summed E-state index contributed by atoms with van der Waals surface area (Å²) in [7, 11) is -3.63. The van der Waals surface area contributed by atoms with Gasteiger partial charge in [0.15, 0.2) is 6.61 Å². The van der Waals surface area contributed by atoms with Gasteiger partial charge in [-0.1, -0.05) is 50.1 Å². The quantitative estimate of drug-likeness (QED) is 0.541. The van der Waals surface area contributed by atoms with Crippen molar-refractivity contribution in [1.82, 2.24) is 4.72 Å². The second-order valence-corrected chi connectivity index (χ2v) is 8.82. The molecule has 2 rings (SSSR count). The van der Waals surface area contributed by atoms with Gasteiger partial charge in [0.05, 0.1) is 9.92 Å². The molecule has 0 bridgehead atoms. The van der Waals surface area contributed by atoms with Crippen molar-refractivity contribution in [1.29, 1.82) is 0 Å². The first-order chi connectivity index (χ1) is 13.8. The molecule has 2 N–H and O–H groups in total. The Kier molecular flexibility index (Phi) is 8.49. The van der Waals surface area contributed by atoms with Crippen molar-refractivity contribution >= 4 is 33.2 Å². The van der Waals surface area contributed by atoms with Crippen LogP contribution in [-0.4, -0.2) is 27.5 Å². The highest BCUT2D eigenvalue weighted by atomic mass is 35.5. The summed E-state index contributed by atoms with van der Waals surface area (Å²) < 4.78 is 32.5. The summed E-state index contributed by atoms with van der Waals surface area (Å²) in [5, 5.41) is 3.00. The number of nitrogens with one attached hydrogen (secondary N) is 2. The number of amides is 1. The van der Waals surface area contributed by atoms with Gasteiger partial charge in [-0.05, 0) is 49.1 Å². The minimum Gasteiger partial charge on any atom is -0.482 e. The van der Waals surface area contributed by atoms with Gasteiger partial charge in [-0.2, -0.15) is 0 Å². The first kappa shape index (κ1) is 23.2. The van der Waals surface area contributed by atoms with Crippen molar-refractivity contribution in [3.05, 3.63) is 52.5 Å². The van der Waals surface area contributed by atoms with Crippen LogP contribution in [0.5, 0.6) is 5.75 Å². The van der Waals surface area contributed by atoms with Crippen molar-refractivity contribution in [2.75, 3.05) is 18.5 Å². The first-order valence-corrected chi connectivity index (χ1v) is 11.4. The Balaban J connectivity index is 2.02. The molecule has 158 valence electrons. The third-order valence-electron chi connectivity index (χ3n) is 4.40. The smallest absolute Gasteiger partial charge is 0.262 e. The van der Waals surface area contributed by atoms with Gasteiger partial charge in [-0.15, -0.1) is 0 Å². The van der Waals surface area contributed by atoms with E-state index in [9.17, 15) is 13.2 Å². The minimum absolute atomic E-state index is 0.0582. The zero-order valence-corrected chi connectivity index (χ0v) is 18.5. The number of anilines is 1. The van der Waals surface area contributed by atoms with E-state index >= 15 is 0 Å². The van der Waals surface area contributed by atoms with E-state index in [-0.39, 0.29) is 28.2 Å². The molecule has 2 aromatic carbocycles. The summed E-state index contributed by atoms with van der Waals surface area (Å²) in [4.78, 5) is 12.4. The number of benzene rings is 2. The number of hydrogen-bond acceptors (Lipinski definition) is 4. The summed E-state index contributed by atoms with van der Waals surface area (Å²) in [6.45, 7) is 6.06. The van der Waals surface area contributed by atoms with Gasteiger partial charge in [-0.25, -0.2) is 13.1 Å². The molecule has 0 spiro atoms. The Morgan fingerprint density at radius 2 is 1.93 bits per heavy atom. The van der Waals surface area contributed by atoms with E-state index in [1.54, 1.807) is 0 Å². The van der Waals surface area contributed by atoms with Crippen molar-refractivity contribution in [2.24, 2.45) is 0 Å². The molecular weight excluding hydrogens is 412 g/mol. The Hall–Kier alpha value is -2.09. The molecule has 8 heteroatoms. The van der Waals surface area contributed by atoms with Crippen molar-refractivity contribution in [2.45, 2.75) is 44.9 Å². The van der Waals surface area contributed by atoms with Gasteiger partial charge in [-0.3, -0.25) is 4.79 Å². The third-order valence-corrected chi connectivity index (χ3v) is 6.15. The number of aryl methyl sites for hydroxylation is 2. The lowest BCUT2D eigenvalue weighted by atomic mass is 10.1. The molecule has 0 fully saturated rings. The molecule has 0 aliphatic carbocycles. The second-order valence-electron chi connectivity index (χ2n) is 6.64. The molecule has 0 saturated heterocycles. The fraction of sp³-hybridized carbons (Fsp3) is 0.381. The van der Waals surface area contributed by atoms with Crippen molar-refractivity contribution < 1.29 is 17.9 Å². The van der Waals surface area contributed by atoms with Crippen LogP contribution in [0.15, 0.2) is 41.3 Å². The standard InChI is InChI=1S/C21H27ClN2O4S/c1-4-6-12-23-29(26,27)17-10-11-19(18(22)13-17)28-14-20(25)24-21-15(3)8-7-9-16(21)5-2/h7-11,13,23H,4-6,12,14H2,1-3H3,(H,24,25). The fourth-order valence-electron chi connectivity index (χ4n) is 2.75. The zero-order chi connectivity index (χ0) is 21.4. The van der Waals surface area contributed by atoms with Crippen LogP contribution in [0.3, 0.4) is 0 Å². The monoisotopic (exact) mass is 438 g/mol. The molecule has 0 radical (unpaired) electrons. The van der Waals surface area contributed by atoms with Gasteiger partial charge < -0.3 is 10.1 Å². The lowest BCUT2D eigenvalue weighted by Gasteiger charge is -2.14. The molecule has 0 aliphatic rings. The Morgan fingerprint density at radius 1 is 1.17 bits per heavy atom. The van der Waals surface area contributed by atoms with Gasteiger partial charge in [0.25, 0.3) is 5.91 Å². The molecule has 1 amide bonds. The maximum atomic E-state index is 12.3. The molecule has 0 atom stereocenters. The van der Waals surface area contributed by atoms with Gasteiger partial charge >= 0.3 is 0 Å². The molecule has 6 nitrogen and oxygen atoms in total. The van der Waals surface area contributed by atoms with E-state index in [0.717, 1.165) is 36.1 Å². The number of ether oxygens (including phenoxy) is 1. The third kappa shape index (κ3) is 6.45. The maximum Gasteiger partial charge on any atom is 0.262 e. The average molecular weight is 439 g/mol. The highest BCUT2D eigenvalue weighted by Crippen LogP contribution is 2.27. The van der Waals surface area contributed by atoms with Gasteiger partial charge in [0.2, 0.25) is 10.0 Å². The van der Waals surface area contributed by atoms with Crippen LogP contribution < -0.4 is 14.8 Å². The largest absolute Gasteiger partial charge is 0.482 e. The Morgan fingerprint density at radius 3 is 2.59 bits per heavy atom. The van der Waals surface area contributed by atoms with E-state index in [1.807, 2.05) is 39.0 Å². The van der Waals surface area contributed by atoms with Crippen LogP contribution >= 0.6 is 11.6 Å². The number of halogens is 1. The highest BCUT2D eigenvalue weighted by molar-refractivity contribution is 7.89. The summed E-state index contributed by atoms with van der Waals surface area (Å²) in [5.41, 5.74) is 2.80. The average Bonchev–Trinajstić information content (AvgIpc) is 2.68. The van der Waals surface area contributed by atoms with Crippen LogP contribution in [0.25, 0.3) is 0 Å². The highest BCUT2D eigenvalue weighted by Gasteiger charge is 2.16. The van der Waals surface area contributed by atoms with Crippen LogP contribution in [0.1, 0.15) is 37.8 Å². The summed E-state index contributed by atoms with van der Waals surface area (Å²) in [6.07, 6.45) is 2.44. The van der Waals surface area contributed by atoms with Crippen LogP contribution in [0.2, 0.25) is 5.02 Å². The SMILES string of the molecule is CCCCNS(=O)(=O)c1ccc(OCC(=O)Nc2c(C)cccc2CC)c(Cl)c1. The predicted molar refractivity (Wildman–Crippen MR) is 116 cm³/mol. The lowest BCUT2D eigenvalue weighted by Crippen LogP contribution is -2.24. The molecule has 29 heavy (non-hydrogen) atoms. The number of unbranched alkanes of at least 4 members (excludes halogenated alkanes) is 1. The van der Waals surface area contributed by atoms with Crippen LogP contribution in [-0.2, 0) is 21.2 Å². The molecule has 0 saturated carbocycles. The van der Waals surface area contributed by atoms with Crippen molar-refractivity contribution in [3.8, 4) is 5.75 Å². The van der Waals surface area contributed by atoms with E-state index in [2.05, 4.69) is 10.0 Å². The predicted octanol–water partition coefficient (Wildman–Crippen LogP) is 4.31. The second kappa shape index (κ2) is 10.6. The first-order valence-electron chi connectivity index (χ1n) is 9.58. The van der Waals surface area contributed by atoms with E-state index in [4.69, 9.17) is 16.3 Å². The van der Waals surface area contributed by atoms with E-state index < -0.39 is 10.0 Å². The maximum absolute atomic E-state index is 12.3. The summed E-state index contributed by atoms with van der Waals surface area (Å²) >= 11 is 6.16.